The number of aromatic nitrogens is 2. The largest absolute Gasteiger partial charge is 0.399 e. The highest BCUT2D eigenvalue weighted by Gasteiger charge is 2.14. The van der Waals surface area contributed by atoms with Crippen LogP contribution in [0.3, 0.4) is 0 Å². The van der Waals surface area contributed by atoms with Gasteiger partial charge in [-0.1, -0.05) is 0 Å². The summed E-state index contributed by atoms with van der Waals surface area (Å²) in [6, 6.07) is 5.85. The van der Waals surface area contributed by atoms with Gasteiger partial charge in [-0.25, -0.2) is 9.97 Å². The highest BCUT2D eigenvalue weighted by atomic mass is 32.2. The molecule has 2 N–H and O–H groups in total. The van der Waals surface area contributed by atoms with E-state index in [4.69, 9.17) is 5.73 Å². The Kier molecular flexibility index (Phi) is 3.23. The van der Waals surface area contributed by atoms with Crippen LogP contribution in [-0.4, -0.2) is 34.6 Å². The molecule has 2 heterocycles. The number of hydrogen-bond acceptors (Lipinski definition) is 5. The van der Waals surface area contributed by atoms with Gasteiger partial charge in [0.1, 0.15) is 12.1 Å². The van der Waals surface area contributed by atoms with Crippen molar-refractivity contribution in [1.29, 1.82) is 0 Å². The van der Waals surface area contributed by atoms with Crippen LogP contribution >= 0.6 is 11.8 Å². The van der Waals surface area contributed by atoms with Crippen LogP contribution in [0, 0.1) is 0 Å². The number of anilines is 2. The molecule has 0 atom stereocenters. The Morgan fingerprint density at radius 2 is 2.11 bits per heavy atom. The standard InChI is InChI=1S/C13H16N4S/c14-10-2-3-11-12(8-10)15-9-16-13(11)17-4-1-6-18-7-5-17/h2-3,8-9H,1,4-7,14H2. The highest BCUT2D eigenvalue weighted by molar-refractivity contribution is 7.99. The van der Waals surface area contributed by atoms with Gasteiger partial charge in [0.25, 0.3) is 0 Å². The number of hydrogen-bond donors (Lipinski definition) is 1. The predicted molar refractivity (Wildman–Crippen MR) is 78.1 cm³/mol. The number of benzene rings is 1. The zero-order valence-electron chi connectivity index (χ0n) is 10.2. The van der Waals surface area contributed by atoms with E-state index in [-0.39, 0.29) is 0 Å². The van der Waals surface area contributed by atoms with E-state index in [9.17, 15) is 0 Å². The van der Waals surface area contributed by atoms with Crippen LogP contribution in [0.2, 0.25) is 0 Å². The molecule has 2 aromatic rings. The maximum atomic E-state index is 5.80. The van der Waals surface area contributed by atoms with E-state index in [0.717, 1.165) is 35.5 Å². The lowest BCUT2D eigenvalue weighted by molar-refractivity contribution is 0.804. The van der Waals surface area contributed by atoms with E-state index in [1.165, 1.54) is 17.9 Å². The fraction of sp³-hybridized carbons (Fsp3) is 0.385. The summed E-state index contributed by atoms with van der Waals surface area (Å²) in [5, 5.41) is 1.10. The molecule has 0 aliphatic carbocycles. The smallest absolute Gasteiger partial charge is 0.139 e. The van der Waals surface area contributed by atoms with E-state index in [2.05, 4.69) is 14.9 Å². The van der Waals surface area contributed by atoms with Crippen molar-refractivity contribution in [2.45, 2.75) is 6.42 Å². The minimum Gasteiger partial charge on any atom is -0.399 e. The third kappa shape index (κ3) is 2.22. The molecule has 0 unspecified atom stereocenters. The number of thioether (sulfide) groups is 1. The molecular formula is C13H16N4S. The molecule has 94 valence electrons. The molecule has 0 bridgehead atoms. The van der Waals surface area contributed by atoms with E-state index in [1.54, 1.807) is 6.33 Å². The van der Waals surface area contributed by atoms with Crippen LogP contribution in [0.4, 0.5) is 11.5 Å². The summed E-state index contributed by atoms with van der Waals surface area (Å²) in [7, 11) is 0. The highest BCUT2D eigenvalue weighted by Crippen LogP contribution is 2.26. The number of nitrogen functional groups attached to an aromatic ring is 1. The van der Waals surface area contributed by atoms with E-state index in [0.29, 0.717) is 0 Å². The van der Waals surface area contributed by atoms with Crippen molar-refractivity contribution in [3.8, 4) is 0 Å². The van der Waals surface area contributed by atoms with E-state index < -0.39 is 0 Å². The Labute approximate surface area is 111 Å². The number of rotatable bonds is 1. The summed E-state index contributed by atoms with van der Waals surface area (Å²) < 4.78 is 0. The van der Waals surface area contributed by atoms with Crippen LogP contribution < -0.4 is 10.6 Å². The summed E-state index contributed by atoms with van der Waals surface area (Å²) in [4.78, 5) is 11.1. The Balaban J connectivity index is 2.04. The fourth-order valence-corrected chi connectivity index (χ4v) is 3.16. The molecule has 1 aromatic carbocycles. The quantitative estimate of drug-likeness (QED) is 0.796. The van der Waals surface area contributed by atoms with Crippen LogP contribution in [0.1, 0.15) is 6.42 Å². The Bertz CT molecular complexity index is 550. The lowest BCUT2D eigenvalue weighted by Crippen LogP contribution is -2.26. The van der Waals surface area contributed by atoms with Crippen molar-refractivity contribution in [2.75, 3.05) is 35.2 Å². The first-order valence-electron chi connectivity index (χ1n) is 6.17. The Morgan fingerprint density at radius 1 is 1.17 bits per heavy atom. The Hall–Kier alpha value is -1.49. The molecule has 5 heteroatoms. The summed E-state index contributed by atoms with van der Waals surface area (Å²) in [5.41, 5.74) is 7.48. The van der Waals surface area contributed by atoms with Gasteiger partial charge in [0.2, 0.25) is 0 Å². The molecular weight excluding hydrogens is 244 g/mol. The third-order valence-corrected chi connectivity index (χ3v) is 4.21. The fourth-order valence-electron chi connectivity index (χ4n) is 2.27. The first kappa shape index (κ1) is 11.6. The van der Waals surface area contributed by atoms with E-state index >= 15 is 0 Å². The maximum Gasteiger partial charge on any atom is 0.139 e. The molecule has 1 aliphatic rings. The molecule has 0 saturated carbocycles. The number of nitrogens with zero attached hydrogens (tertiary/aromatic N) is 3. The van der Waals surface area contributed by atoms with Crippen LogP contribution in [-0.2, 0) is 0 Å². The van der Waals surface area contributed by atoms with Crippen molar-refractivity contribution in [3.63, 3.8) is 0 Å². The van der Waals surface area contributed by atoms with Crippen molar-refractivity contribution in [1.82, 2.24) is 9.97 Å². The van der Waals surface area contributed by atoms with E-state index in [1.807, 2.05) is 30.0 Å². The molecule has 1 saturated heterocycles. The second-order valence-corrected chi connectivity index (χ2v) is 5.65. The third-order valence-electron chi connectivity index (χ3n) is 3.16. The van der Waals surface area contributed by atoms with Crippen molar-refractivity contribution in [2.24, 2.45) is 0 Å². The van der Waals surface area contributed by atoms with Gasteiger partial charge in [-0.15, -0.1) is 0 Å². The van der Waals surface area contributed by atoms with Crippen molar-refractivity contribution >= 4 is 34.2 Å². The SMILES string of the molecule is Nc1ccc2c(N3CCCSCC3)ncnc2c1. The summed E-state index contributed by atoms with van der Waals surface area (Å²) >= 11 is 2.02. The molecule has 18 heavy (non-hydrogen) atoms. The van der Waals surface area contributed by atoms with Gasteiger partial charge in [0.05, 0.1) is 5.52 Å². The van der Waals surface area contributed by atoms with Crippen molar-refractivity contribution in [3.05, 3.63) is 24.5 Å². The van der Waals surface area contributed by atoms with Crippen LogP contribution in [0.25, 0.3) is 10.9 Å². The van der Waals surface area contributed by atoms with Gasteiger partial charge in [-0.2, -0.15) is 11.8 Å². The maximum absolute atomic E-state index is 5.80. The molecule has 0 amide bonds. The Morgan fingerprint density at radius 3 is 3.06 bits per heavy atom. The number of nitrogens with two attached hydrogens (primary N) is 1. The topological polar surface area (TPSA) is 55.0 Å². The minimum atomic E-state index is 0.749. The van der Waals surface area contributed by atoms with Gasteiger partial charge in [0.15, 0.2) is 0 Å². The average Bonchev–Trinajstić information content (AvgIpc) is 2.66. The van der Waals surface area contributed by atoms with Gasteiger partial charge >= 0.3 is 0 Å². The van der Waals surface area contributed by atoms with Crippen molar-refractivity contribution < 1.29 is 0 Å². The molecule has 4 nitrogen and oxygen atoms in total. The van der Waals surface area contributed by atoms with Gasteiger partial charge in [0, 0.05) is 29.9 Å². The molecule has 1 fully saturated rings. The number of fused-ring (bicyclic) bond motifs is 1. The van der Waals surface area contributed by atoms with Crippen LogP contribution in [0.15, 0.2) is 24.5 Å². The molecule has 1 aliphatic heterocycles. The zero-order valence-corrected chi connectivity index (χ0v) is 11.0. The second kappa shape index (κ2) is 5.02. The molecule has 0 radical (unpaired) electrons. The first-order chi connectivity index (χ1) is 8.84. The van der Waals surface area contributed by atoms with Gasteiger partial charge in [-0.3, -0.25) is 0 Å². The van der Waals surface area contributed by atoms with Gasteiger partial charge < -0.3 is 10.6 Å². The second-order valence-electron chi connectivity index (χ2n) is 4.43. The zero-order chi connectivity index (χ0) is 12.4. The molecule has 0 spiro atoms. The monoisotopic (exact) mass is 260 g/mol. The summed E-state index contributed by atoms with van der Waals surface area (Å²) in [6.07, 6.45) is 2.85. The van der Waals surface area contributed by atoms with Gasteiger partial charge in [-0.05, 0) is 30.4 Å². The lowest BCUT2D eigenvalue weighted by atomic mass is 10.2. The minimum absolute atomic E-state index is 0.749. The first-order valence-corrected chi connectivity index (χ1v) is 7.33. The van der Waals surface area contributed by atoms with Crippen LogP contribution in [0.5, 0.6) is 0 Å². The predicted octanol–water partition coefficient (Wildman–Crippen LogP) is 2.16. The summed E-state index contributed by atoms with van der Waals surface area (Å²) in [5.74, 6) is 3.45. The average molecular weight is 260 g/mol. The molecule has 3 rings (SSSR count). The molecule has 1 aromatic heterocycles. The summed E-state index contributed by atoms with van der Waals surface area (Å²) in [6.45, 7) is 2.13. The lowest BCUT2D eigenvalue weighted by Gasteiger charge is -2.22. The normalized spacial score (nSPS) is 16.8.